The van der Waals surface area contributed by atoms with E-state index in [-0.39, 0.29) is 6.09 Å². The Balaban J connectivity index is 1.40. The van der Waals surface area contributed by atoms with E-state index in [2.05, 4.69) is 48.9 Å². The van der Waals surface area contributed by atoms with Crippen molar-refractivity contribution in [1.29, 1.82) is 0 Å². The first-order valence-corrected chi connectivity index (χ1v) is 11.5. The van der Waals surface area contributed by atoms with Gasteiger partial charge in [-0.25, -0.2) is 4.79 Å². The molecule has 1 fully saturated rings. The highest BCUT2D eigenvalue weighted by Crippen LogP contribution is 2.48. The van der Waals surface area contributed by atoms with Crippen LogP contribution in [0.2, 0.25) is 0 Å². The number of rotatable bonds is 5. The van der Waals surface area contributed by atoms with Gasteiger partial charge in [0.05, 0.1) is 0 Å². The van der Waals surface area contributed by atoms with Crippen LogP contribution in [0, 0.1) is 5.92 Å². The molecular formula is C26H35N3O2. The van der Waals surface area contributed by atoms with Gasteiger partial charge in [-0.3, -0.25) is 0 Å². The molecule has 0 bridgehead atoms. The molecule has 1 heterocycles. The number of amides is 1. The van der Waals surface area contributed by atoms with Gasteiger partial charge in [-0.2, -0.15) is 0 Å². The molecule has 31 heavy (non-hydrogen) atoms. The van der Waals surface area contributed by atoms with Gasteiger partial charge in [-0.15, -0.1) is 0 Å². The summed E-state index contributed by atoms with van der Waals surface area (Å²) in [4.78, 5) is 19.0. The van der Waals surface area contributed by atoms with Crippen LogP contribution in [0.5, 0.6) is 5.75 Å². The molecule has 4 rings (SSSR count). The minimum absolute atomic E-state index is 0.296. The summed E-state index contributed by atoms with van der Waals surface area (Å²) in [6.07, 6.45) is 0.655. The number of nitrogens with zero attached hydrogens (tertiary/aromatic N) is 3. The molecule has 3 atom stereocenters. The summed E-state index contributed by atoms with van der Waals surface area (Å²) in [6, 6.07) is 16.3. The number of hydrogen-bond donors (Lipinski definition) is 0. The van der Waals surface area contributed by atoms with Crippen molar-refractivity contribution >= 4 is 11.8 Å². The fourth-order valence-electron chi connectivity index (χ4n) is 4.98. The predicted octanol–water partition coefficient (Wildman–Crippen LogP) is 4.80. The Labute approximate surface area is 186 Å². The third-order valence-electron chi connectivity index (χ3n) is 7.29. The highest BCUT2D eigenvalue weighted by Gasteiger charge is 2.35. The molecule has 1 unspecified atom stereocenters. The number of carbonyl (C=O) groups excluding carboxylic acids is 1. The molecule has 2 aromatic carbocycles. The fourth-order valence-corrected chi connectivity index (χ4v) is 4.98. The lowest BCUT2D eigenvalue weighted by atomic mass is 9.87. The number of ether oxygens (including phenoxy) is 1. The van der Waals surface area contributed by atoms with Gasteiger partial charge in [0, 0.05) is 45.5 Å². The maximum absolute atomic E-state index is 12.4. The Morgan fingerprint density at radius 3 is 2.45 bits per heavy atom. The van der Waals surface area contributed by atoms with Gasteiger partial charge in [0.1, 0.15) is 5.75 Å². The summed E-state index contributed by atoms with van der Waals surface area (Å²) in [5.74, 6) is 2.16. The SMILES string of the molecule is CC1c2cc(N3CCN(C)CC3)ccc2[C@H](CCN(C)C(=O)Oc2ccccc2)[C@@H]1C. The third kappa shape index (κ3) is 4.72. The quantitative estimate of drug-likeness (QED) is 0.695. The van der Waals surface area contributed by atoms with E-state index in [0.717, 1.165) is 32.6 Å². The van der Waals surface area contributed by atoms with Crippen LogP contribution in [0.1, 0.15) is 43.2 Å². The van der Waals surface area contributed by atoms with Gasteiger partial charge in [0.2, 0.25) is 0 Å². The number of likely N-dealkylation sites (N-methyl/N-ethyl adjacent to an activating group) is 1. The number of fused-ring (bicyclic) bond motifs is 1. The van der Waals surface area contributed by atoms with Gasteiger partial charge in [-0.1, -0.05) is 38.1 Å². The van der Waals surface area contributed by atoms with Crippen LogP contribution in [0.3, 0.4) is 0 Å². The number of para-hydroxylation sites is 1. The highest BCUT2D eigenvalue weighted by atomic mass is 16.6. The first-order valence-electron chi connectivity index (χ1n) is 11.5. The van der Waals surface area contributed by atoms with E-state index in [1.165, 1.54) is 16.8 Å². The summed E-state index contributed by atoms with van der Waals surface area (Å²) < 4.78 is 5.48. The van der Waals surface area contributed by atoms with Gasteiger partial charge >= 0.3 is 6.09 Å². The molecule has 0 radical (unpaired) electrons. The lowest BCUT2D eigenvalue weighted by Gasteiger charge is -2.34. The summed E-state index contributed by atoms with van der Waals surface area (Å²) in [5, 5.41) is 0. The van der Waals surface area contributed by atoms with Crippen molar-refractivity contribution < 1.29 is 9.53 Å². The van der Waals surface area contributed by atoms with Crippen LogP contribution in [-0.2, 0) is 0 Å². The first kappa shape index (κ1) is 21.7. The summed E-state index contributed by atoms with van der Waals surface area (Å²) in [6.45, 7) is 9.83. The van der Waals surface area contributed by atoms with Crippen molar-refractivity contribution in [2.45, 2.75) is 32.1 Å². The van der Waals surface area contributed by atoms with E-state index >= 15 is 0 Å². The minimum atomic E-state index is -0.296. The van der Waals surface area contributed by atoms with Crippen LogP contribution >= 0.6 is 0 Å². The Hall–Kier alpha value is -2.53. The number of piperazine rings is 1. The standard InChI is InChI=1S/C26H35N3O2/c1-19-20(2)25-18-21(29-16-14-27(3)15-17-29)10-11-24(25)23(19)12-13-28(4)26(30)31-22-8-6-5-7-9-22/h5-11,18-20,23H,12-17H2,1-4H3/t19-,20?,23-/m1/s1. The van der Waals surface area contributed by atoms with Crippen LogP contribution in [-0.4, -0.2) is 62.7 Å². The molecule has 1 aliphatic heterocycles. The normalized spacial score (nSPS) is 23.5. The summed E-state index contributed by atoms with van der Waals surface area (Å²) >= 11 is 0. The fraction of sp³-hybridized carbons (Fsp3) is 0.500. The molecule has 1 amide bonds. The molecule has 0 spiro atoms. The number of anilines is 1. The van der Waals surface area contributed by atoms with Gasteiger partial charge in [0.15, 0.2) is 0 Å². The number of benzene rings is 2. The van der Waals surface area contributed by atoms with Crippen LogP contribution in [0.4, 0.5) is 10.5 Å². The molecule has 2 aliphatic rings. The minimum Gasteiger partial charge on any atom is -0.410 e. The van der Waals surface area contributed by atoms with Crippen molar-refractivity contribution in [3.8, 4) is 5.75 Å². The molecule has 5 nitrogen and oxygen atoms in total. The summed E-state index contributed by atoms with van der Waals surface area (Å²) in [5.41, 5.74) is 4.31. The van der Waals surface area contributed by atoms with E-state index < -0.39 is 0 Å². The van der Waals surface area contributed by atoms with Crippen molar-refractivity contribution in [2.75, 3.05) is 51.7 Å². The van der Waals surface area contributed by atoms with Gasteiger partial charge in [-0.05, 0) is 66.6 Å². The monoisotopic (exact) mass is 421 g/mol. The largest absolute Gasteiger partial charge is 0.414 e. The molecule has 0 N–H and O–H groups in total. The molecule has 5 heteroatoms. The lowest BCUT2D eigenvalue weighted by molar-refractivity contribution is 0.160. The second kappa shape index (κ2) is 9.31. The van der Waals surface area contributed by atoms with Crippen molar-refractivity contribution in [3.63, 3.8) is 0 Å². The molecule has 0 saturated carbocycles. The van der Waals surface area contributed by atoms with Gasteiger partial charge < -0.3 is 19.4 Å². The number of carbonyl (C=O) groups is 1. The molecule has 1 aliphatic carbocycles. The maximum atomic E-state index is 12.4. The predicted molar refractivity (Wildman–Crippen MR) is 126 cm³/mol. The van der Waals surface area contributed by atoms with E-state index in [1.54, 1.807) is 17.0 Å². The van der Waals surface area contributed by atoms with Gasteiger partial charge in [0.25, 0.3) is 0 Å². The Kier molecular flexibility index (Phi) is 6.51. The number of hydrogen-bond acceptors (Lipinski definition) is 4. The second-order valence-corrected chi connectivity index (χ2v) is 9.25. The zero-order chi connectivity index (χ0) is 22.0. The van der Waals surface area contributed by atoms with Crippen LogP contribution in [0.15, 0.2) is 48.5 Å². The molecule has 2 aromatic rings. The molecular weight excluding hydrogens is 386 g/mol. The topological polar surface area (TPSA) is 36.0 Å². The zero-order valence-corrected chi connectivity index (χ0v) is 19.3. The van der Waals surface area contributed by atoms with Crippen LogP contribution < -0.4 is 9.64 Å². The zero-order valence-electron chi connectivity index (χ0n) is 19.3. The van der Waals surface area contributed by atoms with E-state index in [9.17, 15) is 4.79 Å². The summed E-state index contributed by atoms with van der Waals surface area (Å²) in [7, 11) is 4.02. The van der Waals surface area contributed by atoms with Crippen molar-refractivity contribution in [2.24, 2.45) is 5.92 Å². The lowest BCUT2D eigenvalue weighted by Crippen LogP contribution is -2.44. The molecule has 1 saturated heterocycles. The highest BCUT2D eigenvalue weighted by molar-refractivity contribution is 5.70. The molecule has 0 aromatic heterocycles. The molecule has 166 valence electrons. The van der Waals surface area contributed by atoms with Crippen LogP contribution in [0.25, 0.3) is 0 Å². The van der Waals surface area contributed by atoms with E-state index in [4.69, 9.17) is 4.74 Å². The average Bonchev–Trinajstić information content (AvgIpc) is 3.02. The van der Waals surface area contributed by atoms with E-state index in [1.807, 2.05) is 25.2 Å². The Morgan fingerprint density at radius 1 is 1.03 bits per heavy atom. The maximum Gasteiger partial charge on any atom is 0.414 e. The second-order valence-electron chi connectivity index (χ2n) is 9.25. The third-order valence-corrected chi connectivity index (χ3v) is 7.29. The average molecular weight is 422 g/mol. The van der Waals surface area contributed by atoms with Crippen molar-refractivity contribution in [1.82, 2.24) is 9.80 Å². The van der Waals surface area contributed by atoms with Crippen molar-refractivity contribution in [3.05, 3.63) is 59.7 Å². The van der Waals surface area contributed by atoms with E-state index in [0.29, 0.717) is 30.0 Å². The Bertz CT molecular complexity index is 893. The first-order chi connectivity index (χ1) is 14.9. The Morgan fingerprint density at radius 2 is 1.74 bits per heavy atom. The smallest absolute Gasteiger partial charge is 0.410 e.